The van der Waals surface area contributed by atoms with Gasteiger partial charge in [0, 0.05) is 24.9 Å². The van der Waals surface area contributed by atoms with Crippen molar-refractivity contribution >= 4 is 5.82 Å². The molecule has 1 aliphatic rings. The minimum Gasteiger partial charge on any atom is -0.361 e. The number of ether oxygens (including phenoxy) is 1. The normalized spacial score (nSPS) is 19.7. The molecule has 1 N–H and O–H groups in total. The van der Waals surface area contributed by atoms with Crippen LogP contribution in [0.2, 0.25) is 0 Å². The van der Waals surface area contributed by atoms with Gasteiger partial charge in [0.2, 0.25) is 0 Å². The van der Waals surface area contributed by atoms with Crippen LogP contribution in [0.1, 0.15) is 34.5 Å². The topological polar surface area (TPSA) is 86.2 Å². The lowest BCUT2D eigenvalue weighted by molar-refractivity contribution is 0.378. The van der Waals surface area contributed by atoms with Gasteiger partial charge in [-0.25, -0.2) is 0 Å². The van der Waals surface area contributed by atoms with Crippen LogP contribution < -0.4 is 5.32 Å². The van der Waals surface area contributed by atoms with Gasteiger partial charge in [-0.3, -0.25) is 9.36 Å². The fraction of sp³-hybridized carbons (Fsp3) is 0.438. The molecule has 0 saturated carbocycles. The molecular formula is C16H20N6O2. The molecule has 0 radical (unpaired) electrons. The summed E-state index contributed by atoms with van der Waals surface area (Å²) in [5.41, 5.74) is 4.02. The predicted octanol–water partition coefficient (Wildman–Crippen LogP) is 2.09. The first-order valence-electron chi connectivity index (χ1n) is 7.89. The standard InChI is InChI=1S/C16H20N6O2/c1-9-7-13(21(4)18-9)15-16(23-15)17-14-5-6-22(19-14)8-12-10(2)20-24-11(12)3/h5-7,15-16H,8H2,1-4H3,(H,17,19). The number of nitrogens with one attached hydrogen (secondary N) is 1. The Kier molecular flexibility index (Phi) is 3.42. The summed E-state index contributed by atoms with van der Waals surface area (Å²) in [7, 11) is 1.93. The van der Waals surface area contributed by atoms with E-state index in [4.69, 9.17) is 9.26 Å². The van der Waals surface area contributed by atoms with Crippen LogP contribution >= 0.6 is 0 Å². The zero-order chi connectivity index (χ0) is 16.8. The largest absolute Gasteiger partial charge is 0.361 e. The van der Waals surface area contributed by atoms with Crippen molar-refractivity contribution in [1.82, 2.24) is 24.7 Å². The third kappa shape index (κ3) is 2.69. The molecule has 8 heteroatoms. The molecule has 24 heavy (non-hydrogen) atoms. The summed E-state index contributed by atoms with van der Waals surface area (Å²) in [5, 5.41) is 16.2. The third-order valence-corrected chi connectivity index (χ3v) is 4.25. The maximum absolute atomic E-state index is 5.71. The lowest BCUT2D eigenvalue weighted by Gasteiger charge is -2.01. The minimum absolute atomic E-state index is 0.0175. The van der Waals surface area contributed by atoms with E-state index in [2.05, 4.69) is 20.7 Å². The molecule has 8 nitrogen and oxygen atoms in total. The van der Waals surface area contributed by atoms with Crippen molar-refractivity contribution in [1.29, 1.82) is 0 Å². The van der Waals surface area contributed by atoms with Crippen molar-refractivity contribution in [2.45, 2.75) is 39.6 Å². The summed E-state index contributed by atoms with van der Waals surface area (Å²) in [6.45, 7) is 6.47. The van der Waals surface area contributed by atoms with Gasteiger partial charge in [-0.1, -0.05) is 5.16 Å². The molecule has 0 aromatic carbocycles. The van der Waals surface area contributed by atoms with Gasteiger partial charge < -0.3 is 14.6 Å². The molecule has 0 bridgehead atoms. The van der Waals surface area contributed by atoms with Crippen molar-refractivity contribution in [3.8, 4) is 0 Å². The summed E-state index contributed by atoms with van der Waals surface area (Å²) < 4.78 is 14.6. The van der Waals surface area contributed by atoms with Crippen LogP contribution in [-0.4, -0.2) is 30.9 Å². The number of hydrogen-bond acceptors (Lipinski definition) is 6. The quantitative estimate of drug-likeness (QED) is 0.722. The van der Waals surface area contributed by atoms with E-state index in [1.807, 2.05) is 55.5 Å². The average Bonchev–Trinajstić information content (AvgIpc) is 2.81. The molecule has 1 fully saturated rings. The number of aryl methyl sites for hydroxylation is 4. The van der Waals surface area contributed by atoms with Gasteiger partial charge in [-0.05, 0) is 26.8 Å². The molecule has 3 aromatic heterocycles. The monoisotopic (exact) mass is 328 g/mol. The van der Waals surface area contributed by atoms with Crippen LogP contribution in [0.4, 0.5) is 5.82 Å². The molecule has 4 heterocycles. The molecule has 0 spiro atoms. The van der Waals surface area contributed by atoms with Crippen LogP contribution in [0, 0.1) is 20.8 Å². The van der Waals surface area contributed by atoms with Crippen LogP contribution in [0.5, 0.6) is 0 Å². The van der Waals surface area contributed by atoms with Gasteiger partial charge in [0.05, 0.1) is 23.6 Å². The molecule has 1 aliphatic heterocycles. The summed E-state index contributed by atoms with van der Waals surface area (Å²) in [6.07, 6.45) is 1.88. The second-order valence-electron chi connectivity index (χ2n) is 6.16. The van der Waals surface area contributed by atoms with Gasteiger partial charge in [-0.15, -0.1) is 0 Å². The minimum atomic E-state index is -0.0674. The fourth-order valence-corrected chi connectivity index (χ4v) is 2.91. The maximum atomic E-state index is 5.71. The highest BCUT2D eigenvalue weighted by Crippen LogP contribution is 2.38. The van der Waals surface area contributed by atoms with Crippen molar-refractivity contribution in [2.75, 3.05) is 5.32 Å². The van der Waals surface area contributed by atoms with Crippen molar-refractivity contribution < 1.29 is 9.26 Å². The highest BCUT2D eigenvalue weighted by molar-refractivity contribution is 5.36. The summed E-state index contributed by atoms with van der Waals surface area (Å²) in [5.74, 6) is 1.61. The number of nitrogens with zero attached hydrogens (tertiary/aromatic N) is 5. The average molecular weight is 328 g/mol. The Bertz CT molecular complexity index is 858. The summed E-state index contributed by atoms with van der Waals surface area (Å²) in [6, 6.07) is 3.98. The lowest BCUT2D eigenvalue weighted by Crippen LogP contribution is -2.08. The smallest absolute Gasteiger partial charge is 0.162 e. The number of anilines is 1. The fourth-order valence-electron chi connectivity index (χ4n) is 2.91. The third-order valence-electron chi connectivity index (χ3n) is 4.25. The second-order valence-corrected chi connectivity index (χ2v) is 6.16. The number of hydrogen-bond donors (Lipinski definition) is 1. The number of epoxide rings is 1. The first-order valence-corrected chi connectivity index (χ1v) is 7.89. The van der Waals surface area contributed by atoms with Crippen LogP contribution in [-0.2, 0) is 18.3 Å². The van der Waals surface area contributed by atoms with Gasteiger partial charge >= 0.3 is 0 Å². The molecule has 0 amide bonds. The second kappa shape index (κ2) is 5.48. The first-order chi connectivity index (χ1) is 11.5. The Morgan fingerprint density at radius 3 is 2.75 bits per heavy atom. The van der Waals surface area contributed by atoms with Crippen molar-refractivity contribution in [3.05, 3.63) is 46.7 Å². The highest BCUT2D eigenvalue weighted by Gasteiger charge is 2.42. The van der Waals surface area contributed by atoms with E-state index in [1.54, 1.807) is 0 Å². The summed E-state index contributed by atoms with van der Waals surface area (Å²) in [4.78, 5) is 0. The van der Waals surface area contributed by atoms with Gasteiger partial charge in [0.25, 0.3) is 0 Å². The Morgan fingerprint density at radius 2 is 2.08 bits per heavy atom. The molecule has 126 valence electrons. The Morgan fingerprint density at radius 1 is 1.25 bits per heavy atom. The van der Waals surface area contributed by atoms with E-state index in [0.29, 0.717) is 6.54 Å². The van der Waals surface area contributed by atoms with Crippen LogP contribution in [0.3, 0.4) is 0 Å². The Hall–Kier alpha value is -2.61. The van der Waals surface area contributed by atoms with Crippen LogP contribution in [0.15, 0.2) is 22.9 Å². The van der Waals surface area contributed by atoms with Crippen LogP contribution in [0.25, 0.3) is 0 Å². The maximum Gasteiger partial charge on any atom is 0.162 e. The molecule has 2 atom stereocenters. The Balaban J connectivity index is 1.41. The van der Waals surface area contributed by atoms with E-state index < -0.39 is 0 Å². The molecule has 1 saturated heterocycles. The molecule has 2 unspecified atom stereocenters. The molecular weight excluding hydrogens is 308 g/mol. The van der Waals surface area contributed by atoms with E-state index in [0.717, 1.165) is 34.2 Å². The zero-order valence-electron chi connectivity index (χ0n) is 14.1. The van der Waals surface area contributed by atoms with E-state index in [1.165, 1.54) is 0 Å². The molecule has 4 rings (SSSR count). The van der Waals surface area contributed by atoms with Gasteiger partial charge in [-0.2, -0.15) is 10.2 Å². The van der Waals surface area contributed by atoms with Crippen molar-refractivity contribution in [3.63, 3.8) is 0 Å². The van der Waals surface area contributed by atoms with E-state index >= 15 is 0 Å². The summed E-state index contributed by atoms with van der Waals surface area (Å²) >= 11 is 0. The van der Waals surface area contributed by atoms with E-state index in [-0.39, 0.29) is 12.3 Å². The van der Waals surface area contributed by atoms with Crippen molar-refractivity contribution in [2.24, 2.45) is 7.05 Å². The highest BCUT2D eigenvalue weighted by atomic mass is 16.6. The van der Waals surface area contributed by atoms with E-state index in [9.17, 15) is 0 Å². The zero-order valence-corrected chi connectivity index (χ0v) is 14.1. The lowest BCUT2D eigenvalue weighted by atomic mass is 10.2. The first kappa shape index (κ1) is 14.9. The molecule has 3 aromatic rings. The van der Waals surface area contributed by atoms with Gasteiger partial charge in [0.1, 0.15) is 17.7 Å². The number of rotatable bonds is 5. The SMILES string of the molecule is Cc1cc(C2OC2Nc2ccn(Cc3c(C)noc3C)n2)n(C)n1. The molecule has 0 aliphatic carbocycles. The predicted molar refractivity (Wildman–Crippen MR) is 86.5 cm³/mol. The Labute approximate surface area is 139 Å². The number of aromatic nitrogens is 5. The van der Waals surface area contributed by atoms with Gasteiger partial charge in [0.15, 0.2) is 6.23 Å².